The van der Waals surface area contributed by atoms with Gasteiger partial charge in [-0.15, -0.1) is 0 Å². The van der Waals surface area contributed by atoms with Crippen LogP contribution in [0.25, 0.3) is 11.7 Å². The Labute approximate surface area is 160 Å². The Kier molecular flexibility index (Phi) is 6.98. The third kappa shape index (κ3) is 5.80. The number of hydrogen-bond donors (Lipinski definition) is 4. The number of hydroxylamine groups is 1. The van der Waals surface area contributed by atoms with Crippen LogP contribution in [0, 0.1) is 11.3 Å². The van der Waals surface area contributed by atoms with Gasteiger partial charge in [0.2, 0.25) is 0 Å². The second-order valence-electron chi connectivity index (χ2n) is 8.10. The predicted molar refractivity (Wildman–Crippen MR) is 107 cm³/mol. The van der Waals surface area contributed by atoms with Gasteiger partial charge in [0.25, 0.3) is 5.91 Å². The zero-order valence-electron chi connectivity index (χ0n) is 16.5. The van der Waals surface area contributed by atoms with Crippen molar-refractivity contribution in [2.45, 2.75) is 40.5 Å². The predicted octanol–water partition coefficient (Wildman–Crippen LogP) is 2.87. The molecule has 7 nitrogen and oxygen atoms in total. The molecule has 7 heteroatoms. The molecule has 1 atom stereocenters. The summed E-state index contributed by atoms with van der Waals surface area (Å²) in [7, 11) is 0. The van der Waals surface area contributed by atoms with E-state index in [0.29, 0.717) is 12.5 Å². The number of carbonyl (C=O) groups excluding carboxylic acids is 1. The van der Waals surface area contributed by atoms with Gasteiger partial charge in [0.15, 0.2) is 0 Å². The van der Waals surface area contributed by atoms with E-state index in [1.54, 1.807) is 11.6 Å². The lowest BCUT2D eigenvalue weighted by molar-refractivity contribution is -0.124. The average molecular weight is 374 g/mol. The molecule has 2 aromatic heterocycles. The number of aliphatic hydroxyl groups is 1. The van der Waals surface area contributed by atoms with Crippen LogP contribution in [0.2, 0.25) is 0 Å². The molecule has 2 aromatic rings. The summed E-state index contributed by atoms with van der Waals surface area (Å²) < 4.78 is 1.94. The second-order valence-corrected chi connectivity index (χ2v) is 8.10. The maximum absolute atomic E-state index is 11.3. The molecule has 4 N–H and O–H groups in total. The molecule has 1 unspecified atom stereocenters. The Balaban J connectivity index is 2.42. The molecule has 0 bridgehead atoms. The van der Waals surface area contributed by atoms with E-state index in [1.807, 2.05) is 22.7 Å². The third-order valence-corrected chi connectivity index (χ3v) is 4.18. The van der Waals surface area contributed by atoms with Gasteiger partial charge in [-0.2, -0.15) is 0 Å². The highest BCUT2D eigenvalue weighted by Gasteiger charge is 2.20. The van der Waals surface area contributed by atoms with Crippen LogP contribution >= 0.6 is 0 Å². The van der Waals surface area contributed by atoms with Crippen LogP contribution in [-0.4, -0.2) is 38.8 Å². The Morgan fingerprint density at radius 3 is 2.78 bits per heavy atom. The summed E-state index contributed by atoms with van der Waals surface area (Å²) in [5.41, 5.74) is 4.25. The van der Waals surface area contributed by atoms with Gasteiger partial charge >= 0.3 is 0 Å². The SMILES string of the molecule is CC(Cc1nc2c(/C=C/C(=O)NO)cccn2c1NCCO)CC(C)(C)C. The lowest BCUT2D eigenvalue weighted by Crippen LogP contribution is -2.14. The molecule has 0 saturated heterocycles. The van der Waals surface area contributed by atoms with Crippen molar-refractivity contribution in [3.8, 4) is 0 Å². The molecule has 0 saturated carbocycles. The smallest absolute Gasteiger partial charge is 0.267 e. The fourth-order valence-electron chi connectivity index (χ4n) is 3.42. The van der Waals surface area contributed by atoms with E-state index in [-0.39, 0.29) is 12.0 Å². The number of carbonyl (C=O) groups is 1. The first kappa shape index (κ1) is 20.9. The number of aliphatic hydroxyl groups excluding tert-OH is 1. The van der Waals surface area contributed by atoms with Gasteiger partial charge in [-0.3, -0.25) is 14.4 Å². The Morgan fingerprint density at radius 1 is 1.41 bits per heavy atom. The molecule has 1 amide bonds. The van der Waals surface area contributed by atoms with E-state index in [4.69, 9.17) is 10.2 Å². The monoisotopic (exact) mass is 374 g/mol. The summed E-state index contributed by atoms with van der Waals surface area (Å²) >= 11 is 0. The van der Waals surface area contributed by atoms with Crippen molar-refractivity contribution >= 4 is 23.4 Å². The third-order valence-electron chi connectivity index (χ3n) is 4.18. The second kappa shape index (κ2) is 9.01. The summed E-state index contributed by atoms with van der Waals surface area (Å²) in [6, 6.07) is 3.74. The normalized spacial score (nSPS) is 13.3. The van der Waals surface area contributed by atoms with Crippen LogP contribution in [0.15, 0.2) is 24.4 Å². The molecule has 0 aliphatic rings. The number of pyridine rings is 1. The highest BCUT2D eigenvalue weighted by Crippen LogP contribution is 2.29. The van der Waals surface area contributed by atoms with Crippen molar-refractivity contribution in [2.75, 3.05) is 18.5 Å². The number of imidazole rings is 1. The first-order valence-corrected chi connectivity index (χ1v) is 9.22. The van der Waals surface area contributed by atoms with Gasteiger partial charge in [-0.05, 0) is 42.4 Å². The van der Waals surface area contributed by atoms with Crippen molar-refractivity contribution in [3.63, 3.8) is 0 Å². The van der Waals surface area contributed by atoms with Crippen molar-refractivity contribution in [3.05, 3.63) is 35.7 Å². The molecule has 2 heterocycles. The molecule has 2 rings (SSSR count). The molecular weight excluding hydrogens is 344 g/mol. The molecule has 0 aliphatic carbocycles. The molecule has 27 heavy (non-hydrogen) atoms. The van der Waals surface area contributed by atoms with Crippen molar-refractivity contribution in [1.29, 1.82) is 0 Å². The summed E-state index contributed by atoms with van der Waals surface area (Å²) in [6.45, 7) is 9.37. The van der Waals surface area contributed by atoms with Gasteiger partial charge in [-0.1, -0.05) is 27.7 Å². The number of fused-ring (bicyclic) bond motifs is 1. The lowest BCUT2D eigenvalue weighted by Gasteiger charge is -2.23. The number of hydrogen-bond acceptors (Lipinski definition) is 5. The standard InChI is InChI=1S/C20H30N4O3/c1-14(13-20(2,3)4)12-16-19(21-9-11-25)24-10-5-6-15(18(24)22-16)7-8-17(26)23-27/h5-8,10,14,21,25,27H,9,11-13H2,1-4H3,(H,23,26)/b8-7+. The Bertz CT molecular complexity index is 805. The minimum atomic E-state index is -0.596. The van der Waals surface area contributed by atoms with Crippen LogP contribution in [0.1, 0.15) is 45.4 Å². The van der Waals surface area contributed by atoms with Gasteiger partial charge in [-0.25, -0.2) is 10.5 Å². The van der Waals surface area contributed by atoms with Gasteiger partial charge < -0.3 is 10.4 Å². The van der Waals surface area contributed by atoms with Crippen molar-refractivity contribution in [1.82, 2.24) is 14.9 Å². The summed E-state index contributed by atoms with van der Waals surface area (Å²) in [5.74, 6) is 0.714. The Hall–Kier alpha value is -2.38. The van der Waals surface area contributed by atoms with E-state index in [0.717, 1.165) is 35.6 Å². The summed E-state index contributed by atoms with van der Waals surface area (Å²) in [4.78, 5) is 16.1. The zero-order chi connectivity index (χ0) is 20.0. The number of nitrogens with zero attached hydrogens (tertiary/aromatic N) is 2. The lowest BCUT2D eigenvalue weighted by atomic mass is 9.84. The van der Waals surface area contributed by atoms with Gasteiger partial charge in [0.1, 0.15) is 11.5 Å². The number of amides is 1. The fraction of sp³-hybridized carbons (Fsp3) is 0.500. The first-order valence-electron chi connectivity index (χ1n) is 9.22. The topological polar surface area (TPSA) is 98.9 Å². The number of anilines is 1. The summed E-state index contributed by atoms with van der Waals surface area (Å²) in [5, 5.41) is 21.1. The average Bonchev–Trinajstić information content (AvgIpc) is 2.93. The van der Waals surface area contributed by atoms with E-state index in [9.17, 15) is 9.90 Å². The number of aromatic nitrogens is 2. The van der Waals surface area contributed by atoms with E-state index in [1.165, 1.54) is 6.08 Å². The maximum Gasteiger partial charge on any atom is 0.267 e. The van der Waals surface area contributed by atoms with Gasteiger partial charge in [0.05, 0.1) is 12.3 Å². The highest BCUT2D eigenvalue weighted by atomic mass is 16.5. The van der Waals surface area contributed by atoms with Crippen LogP contribution < -0.4 is 10.8 Å². The molecule has 0 fully saturated rings. The maximum atomic E-state index is 11.3. The largest absolute Gasteiger partial charge is 0.395 e. The molecule has 0 aliphatic heterocycles. The molecule has 0 aromatic carbocycles. The molecule has 148 valence electrons. The molecular formula is C20H30N4O3. The number of rotatable bonds is 8. The number of nitrogens with one attached hydrogen (secondary N) is 2. The van der Waals surface area contributed by atoms with E-state index in [2.05, 4.69) is 33.0 Å². The first-order chi connectivity index (χ1) is 12.7. The van der Waals surface area contributed by atoms with Crippen LogP contribution in [0.4, 0.5) is 5.82 Å². The zero-order valence-corrected chi connectivity index (χ0v) is 16.5. The molecule has 0 radical (unpaired) electrons. The van der Waals surface area contributed by atoms with E-state index < -0.39 is 5.91 Å². The minimum Gasteiger partial charge on any atom is -0.395 e. The van der Waals surface area contributed by atoms with Crippen LogP contribution in [-0.2, 0) is 11.2 Å². The Morgan fingerprint density at radius 2 is 2.15 bits per heavy atom. The fourth-order valence-corrected chi connectivity index (χ4v) is 3.42. The molecule has 0 spiro atoms. The van der Waals surface area contributed by atoms with Crippen LogP contribution in [0.3, 0.4) is 0 Å². The minimum absolute atomic E-state index is 0.0283. The van der Waals surface area contributed by atoms with Crippen molar-refractivity contribution < 1.29 is 15.1 Å². The quantitative estimate of drug-likeness (QED) is 0.323. The van der Waals surface area contributed by atoms with E-state index >= 15 is 0 Å². The highest BCUT2D eigenvalue weighted by molar-refractivity contribution is 5.92. The van der Waals surface area contributed by atoms with Crippen molar-refractivity contribution in [2.24, 2.45) is 11.3 Å². The van der Waals surface area contributed by atoms with Crippen LogP contribution in [0.5, 0.6) is 0 Å². The van der Waals surface area contributed by atoms with Gasteiger partial charge in [0, 0.05) is 24.4 Å². The summed E-state index contributed by atoms with van der Waals surface area (Å²) in [6.07, 6.45) is 6.67.